The van der Waals surface area contributed by atoms with Crippen LogP contribution in [0.5, 0.6) is 0 Å². The maximum Gasteiger partial charge on any atom is 0.257 e. The highest BCUT2D eigenvalue weighted by Crippen LogP contribution is 2.46. The van der Waals surface area contributed by atoms with Crippen LogP contribution in [0.1, 0.15) is 36.3 Å². The summed E-state index contributed by atoms with van der Waals surface area (Å²) in [5, 5.41) is 4.46. The van der Waals surface area contributed by atoms with Crippen molar-refractivity contribution in [2.24, 2.45) is 0 Å². The number of carbonyl (C=O) groups is 1. The summed E-state index contributed by atoms with van der Waals surface area (Å²) in [6.07, 6.45) is 3.67. The van der Waals surface area contributed by atoms with Gasteiger partial charge in [-0.15, -0.1) is 6.58 Å². The van der Waals surface area contributed by atoms with Crippen molar-refractivity contribution in [3.8, 4) is 0 Å². The van der Waals surface area contributed by atoms with E-state index < -0.39 is 5.92 Å². The van der Waals surface area contributed by atoms with Gasteiger partial charge in [0.15, 0.2) is 10.9 Å². The average molecular weight is 434 g/mol. The van der Waals surface area contributed by atoms with Gasteiger partial charge in [0.2, 0.25) is 0 Å². The monoisotopic (exact) mass is 433 g/mol. The van der Waals surface area contributed by atoms with E-state index in [-0.39, 0.29) is 11.3 Å². The van der Waals surface area contributed by atoms with Crippen LogP contribution in [0.2, 0.25) is 10.0 Å². The summed E-state index contributed by atoms with van der Waals surface area (Å²) in [7, 11) is 0. The van der Waals surface area contributed by atoms with E-state index in [1.54, 1.807) is 24.3 Å². The summed E-state index contributed by atoms with van der Waals surface area (Å²) < 4.78 is 0. The first-order valence-corrected chi connectivity index (χ1v) is 10.6. The third kappa shape index (κ3) is 3.30. The zero-order chi connectivity index (χ0) is 19.8. The van der Waals surface area contributed by atoms with Crippen molar-refractivity contribution >= 4 is 46.6 Å². The first-order chi connectivity index (χ1) is 13.5. The molecule has 1 aromatic carbocycles. The summed E-state index contributed by atoms with van der Waals surface area (Å²) in [6.45, 7) is 3.69. The number of halogens is 2. The molecule has 4 rings (SSSR count). The number of fused-ring (bicyclic) bond motifs is 1. The second kappa shape index (κ2) is 7.78. The molecule has 2 aromatic rings. The Balaban J connectivity index is 1.96. The standard InChI is InChI=1S/C20H17Cl2N3O2S/c1-2-9-28-20-24-18-16(19(27)25-20)14(10-5-3-6-11(21)17(10)22)15-12(23-18)7-4-8-13(15)26/h2-3,5-6,14H,1,4,7-9H2,(H2,23,24,25,27). The lowest BCUT2D eigenvalue weighted by atomic mass is 9.76. The molecule has 0 saturated carbocycles. The third-order valence-corrected chi connectivity index (χ3v) is 6.57. The Morgan fingerprint density at radius 1 is 1.29 bits per heavy atom. The highest BCUT2D eigenvalue weighted by molar-refractivity contribution is 7.99. The van der Waals surface area contributed by atoms with Crippen LogP contribution in [0.25, 0.3) is 0 Å². The molecule has 1 aromatic heterocycles. The number of rotatable bonds is 4. The predicted octanol–water partition coefficient (Wildman–Crippen LogP) is 4.92. The molecule has 2 aliphatic rings. The largest absolute Gasteiger partial charge is 0.343 e. The van der Waals surface area contributed by atoms with E-state index in [2.05, 4.69) is 21.9 Å². The van der Waals surface area contributed by atoms with Crippen molar-refractivity contribution in [2.75, 3.05) is 11.1 Å². The van der Waals surface area contributed by atoms with E-state index in [9.17, 15) is 9.59 Å². The highest BCUT2D eigenvalue weighted by Gasteiger charge is 2.38. The summed E-state index contributed by atoms with van der Waals surface area (Å²) in [5.74, 6) is 0.507. The van der Waals surface area contributed by atoms with E-state index in [1.807, 2.05) is 0 Å². The van der Waals surface area contributed by atoms with Gasteiger partial charge >= 0.3 is 0 Å². The number of allylic oxidation sites excluding steroid dienone is 2. The molecule has 1 aliphatic carbocycles. The number of H-pyrrole nitrogens is 1. The van der Waals surface area contributed by atoms with Crippen LogP contribution in [0.4, 0.5) is 5.82 Å². The third-order valence-electron chi connectivity index (χ3n) is 4.87. The van der Waals surface area contributed by atoms with Gasteiger partial charge in [0.25, 0.3) is 5.56 Å². The van der Waals surface area contributed by atoms with Crippen molar-refractivity contribution in [3.05, 3.63) is 73.7 Å². The summed E-state index contributed by atoms with van der Waals surface area (Å²) >= 11 is 14.1. The molecule has 1 unspecified atom stereocenters. The number of ketones is 1. The van der Waals surface area contributed by atoms with Gasteiger partial charge in [-0.2, -0.15) is 0 Å². The van der Waals surface area contributed by atoms with Crippen LogP contribution in [-0.4, -0.2) is 21.5 Å². The van der Waals surface area contributed by atoms with Crippen molar-refractivity contribution in [1.29, 1.82) is 0 Å². The van der Waals surface area contributed by atoms with Crippen LogP contribution in [-0.2, 0) is 4.79 Å². The van der Waals surface area contributed by atoms with E-state index in [4.69, 9.17) is 23.2 Å². The molecule has 0 spiro atoms. The molecule has 8 heteroatoms. The number of benzene rings is 1. The SMILES string of the molecule is C=CCSc1nc2c(c(=O)[nH]1)C(c1cccc(Cl)c1Cl)C1=C(CCCC1=O)N2. The number of hydrogen-bond donors (Lipinski definition) is 2. The molecule has 0 saturated heterocycles. The summed E-state index contributed by atoms with van der Waals surface area (Å²) in [4.78, 5) is 33.2. The maximum absolute atomic E-state index is 13.0. The van der Waals surface area contributed by atoms with Gasteiger partial charge < -0.3 is 10.3 Å². The van der Waals surface area contributed by atoms with Crippen molar-refractivity contribution in [2.45, 2.75) is 30.3 Å². The van der Waals surface area contributed by atoms with Gasteiger partial charge in [-0.3, -0.25) is 9.59 Å². The molecular formula is C20H17Cl2N3O2S. The number of anilines is 1. The van der Waals surface area contributed by atoms with Crippen LogP contribution in [0.3, 0.4) is 0 Å². The van der Waals surface area contributed by atoms with Crippen LogP contribution < -0.4 is 10.9 Å². The molecule has 28 heavy (non-hydrogen) atoms. The molecule has 0 fully saturated rings. The van der Waals surface area contributed by atoms with Gasteiger partial charge in [0, 0.05) is 29.4 Å². The minimum atomic E-state index is -0.597. The van der Waals surface area contributed by atoms with E-state index in [0.717, 1.165) is 18.5 Å². The quantitative estimate of drug-likeness (QED) is 0.406. The van der Waals surface area contributed by atoms with Crippen LogP contribution >= 0.6 is 35.0 Å². The molecule has 144 valence electrons. The lowest BCUT2D eigenvalue weighted by Gasteiger charge is -2.33. The zero-order valence-corrected chi connectivity index (χ0v) is 17.2. The van der Waals surface area contributed by atoms with E-state index in [0.29, 0.717) is 49.9 Å². The normalized spacial score (nSPS) is 18.4. The minimum Gasteiger partial charge on any atom is -0.343 e. The van der Waals surface area contributed by atoms with Gasteiger partial charge in [-0.25, -0.2) is 4.98 Å². The Morgan fingerprint density at radius 2 is 2.11 bits per heavy atom. The number of thioether (sulfide) groups is 1. The Bertz CT molecular complexity index is 1080. The molecule has 1 aliphatic heterocycles. The molecule has 0 bridgehead atoms. The minimum absolute atomic E-state index is 0.0185. The second-order valence-corrected chi connectivity index (χ2v) is 8.40. The molecular weight excluding hydrogens is 417 g/mol. The van der Waals surface area contributed by atoms with Gasteiger partial charge in [-0.1, -0.05) is 53.2 Å². The Kier molecular flexibility index (Phi) is 5.36. The van der Waals surface area contributed by atoms with E-state index >= 15 is 0 Å². The lowest BCUT2D eigenvalue weighted by Crippen LogP contribution is -2.32. The molecule has 1 atom stereocenters. The first-order valence-electron chi connectivity index (χ1n) is 8.86. The first kappa shape index (κ1) is 19.3. The molecule has 0 amide bonds. The number of aromatic nitrogens is 2. The predicted molar refractivity (Wildman–Crippen MR) is 114 cm³/mol. The number of hydrogen-bond acceptors (Lipinski definition) is 5. The van der Waals surface area contributed by atoms with Gasteiger partial charge in [0.1, 0.15) is 5.82 Å². The Morgan fingerprint density at radius 3 is 2.89 bits per heavy atom. The van der Waals surface area contributed by atoms with E-state index in [1.165, 1.54) is 11.8 Å². The molecule has 5 nitrogen and oxygen atoms in total. The smallest absolute Gasteiger partial charge is 0.257 e. The maximum atomic E-state index is 13.0. The summed E-state index contributed by atoms with van der Waals surface area (Å²) in [5.41, 5.74) is 2.12. The summed E-state index contributed by atoms with van der Waals surface area (Å²) in [6, 6.07) is 5.26. The second-order valence-electron chi connectivity index (χ2n) is 6.60. The fraction of sp³-hybridized carbons (Fsp3) is 0.250. The van der Waals surface area contributed by atoms with Crippen molar-refractivity contribution < 1.29 is 4.79 Å². The number of aromatic amines is 1. The number of nitrogens with zero attached hydrogens (tertiary/aromatic N) is 1. The van der Waals surface area contributed by atoms with Crippen molar-refractivity contribution in [1.82, 2.24) is 9.97 Å². The van der Waals surface area contributed by atoms with Crippen LogP contribution in [0, 0.1) is 0 Å². The highest BCUT2D eigenvalue weighted by atomic mass is 35.5. The number of carbonyl (C=O) groups excluding carboxylic acids is 1. The number of nitrogens with one attached hydrogen (secondary N) is 2. The lowest BCUT2D eigenvalue weighted by molar-refractivity contribution is -0.116. The fourth-order valence-electron chi connectivity index (χ4n) is 3.70. The van der Waals surface area contributed by atoms with Gasteiger partial charge in [-0.05, 0) is 24.5 Å². The number of Topliss-reactive ketones (excluding diaryl/α,β-unsaturated/α-hetero) is 1. The Hall–Kier alpha value is -2.02. The zero-order valence-electron chi connectivity index (χ0n) is 14.9. The molecule has 0 radical (unpaired) electrons. The van der Waals surface area contributed by atoms with Crippen molar-refractivity contribution in [3.63, 3.8) is 0 Å². The molecule has 2 heterocycles. The fourth-order valence-corrected chi connectivity index (χ4v) is 4.71. The Labute approximate surface area is 176 Å². The van der Waals surface area contributed by atoms with Crippen LogP contribution in [0.15, 0.2) is 52.1 Å². The average Bonchev–Trinajstić information content (AvgIpc) is 2.67. The van der Waals surface area contributed by atoms with Gasteiger partial charge in [0.05, 0.1) is 15.6 Å². The molecule has 2 N–H and O–H groups in total. The topological polar surface area (TPSA) is 74.8 Å².